The first-order valence-electron chi connectivity index (χ1n) is 11.0. The van der Waals surface area contributed by atoms with Crippen molar-refractivity contribution in [3.63, 3.8) is 0 Å². The summed E-state index contributed by atoms with van der Waals surface area (Å²) in [5.41, 5.74) is 4.08. The van der Waals surface area contributed by atoms with Gasteiger partial charge in [0.15, 0.2) is 11.5 Å². The molecule has 0 unspecified atom stereocenters. The molecule has 1 amide bonds. The summed E-state index contributed by atoms with van der Waals surface area (Å²) in [5, 5.41) is 3.99. The number of methoxy groups -OCH3 is 2. The zero-order valence-electron chi connectivity index (χ0n) is 20.2. The van der Waals surface area contributed by atoms with Crippen LogP contribution in [-0.2, 0) is 14.8 Å². The number of hydrazone groups is 1. The molecular weight excluding hydrogens is 566 g/mol. The number of carbonyl (C=O) groups is 1. The Balaban J connectivity index is 1.61. The van der Waals surface area contributed by atoms with Crippen LogP contribution in [0.25, 0.3) is 0 Å². The second-order valence-electron chi connectivity index (χ2n) is 7.88. The number of aryl methyl sites for hydroxylation is 1. The highest BCUT2D eigenvalue weighted by Gasteiger charge is 2.29. The highest BCUT2D eigenvalue weighted by Crippen LogP contribution is 2.37. The molecule has 0 bridgehead atoms. The molecule has 1 aliphatic rings. The van der Waals surface area contributed by atoms with E-state index in [1.807, 2.05) is 6.92 Å². The minimum atomic E-state index is -4.15. The molecule has 0 saturated carbocycles. The number of hydrogen-bond donors (Lipinski definition) is 1. The van der Waals surface area contributed by atoms with Crippen LogP contribution in [0.15, 0.2) is 69.1 Å². The van der Waals surface area contributed by atoms with Gasteiger partial charge in [-0.25, -0.2) is 13.8 Å². The van der Waals surface area contributed by atoms with E-state index in [9.17, 15) is 13.2 Å². The Hall–Kier alpha value is -3.77. The van der Waals surface area contributed by atoms with Gasteiger partial charge in [0.1, 0.15) is 18.0 Å². The number of sulfonamides is 1. The molecule has 0 aliphatic carbocycles. The predicted octanol–water partition coefficient (Wildman–Crippen LogP) is 3.85. The molecule has 37 heavy (non-hydrogen) atoms. The van der Waals surface area contributed by atoms with Crippen LogP contribution in [0.1, 0.15) is 11.1 Å². The van der Waals surface area contributed by atoms with E-state index >= 15 is 0 Å². The number of halogens is 1. The van der Waals surface area contributed by atoms with Gasteiger partial charge >= 0.3 is 0 Å². The molecule has 1 N–H and O–H groups in total. The number of fused-ring (bicyclic) bond motifs is 1. The van der Waals surface area contributed by atoms with Gasteiger partial charge in [-0.2, -0.15) is 5.10 Å². The van der Waals surface area contributed by atoms with Crippen molar-refractivity contribution >= 4 is 43.8 Å². The summed E-state index contributed by atoms with van der Waals surface area (Å²) in [7, 11) is -1.26. The third-order valence-electron chi connectivity index (χ3n) is 5.44. The summed E-state index contributed by atoms with van der Waals surface area (Å²) in [4.78, 5) is 12.9. The van der Waals surface area contributed by atoms with Crippen molar-refractivity contribution in [2.45, 2.75) is 11.8 Å². The highest BCUT2D eigenvalue weighted by molar-refractivity contribution is 9.10. The number of anilines is 1. The summed E-state index contributed by atoms with van der Waals surface area (Å²) in [6.45, 7) is 1.42. The molecular formula is C25H24BrN3O7S. The van der Waals surface area contributed by atoms with Gasteiger partial charge in [-0.3, -0.25) is 9.10 Å². The van der Waals surface area contributed by atoms with Gasteiger partial charge in [0.2, 0.25) is 6.79 Å². The van der Waals surface area contributed by atoms with E-state index in [1.165, 1.54) is 38.6 Å². The number of amides is 1. The van der Waals surface area contributed by atoms with E-state index in [0.29, 0.717) is 27.3 Å². The predicted molar refractivity (Wildman–Crippen MR) is 141 cm³/mol. The molecule has 3 aromatic rings. The lowest BCUT2D eigenvalue weighted by molar-refractivity contribution is -0.119. The lowest BCUT2D eigenvalue weighted by Crippen LogP contribution is -2.39. The van der Waals surface area contributed by atoms with Gasteiger partial charge < -0.3 is 18.9 Å². The first-order valence-corrected chi connectivity index (χ1v) is 13.2. The lowest BCUT2D eigenvalue weighted by Gasteiger charge is -2.25. The van der Waals surface area contributed by atoms with Gasteiger partial charge in [-0.1, -0.05) is 17.7 Å². The van der Waals surface area contributed by atoms with E-state index in [2.05, 4.69) is 26.5 Å². The van der Waals surface area contributed by atoms with Crippen LogP contribution < -0.4 is 28.7 Å². The van der Waals surface area contributed by atoms with Crippen LogP contribution in [0.3, 0.4) is 0 Å². The Morgan fingerprint density at radius 1 is 1.08 bits per heavy atom. The standard InChI is InChI=1S/C25H24BrN3O7S/c1-16-4-7-19(8-5-16)37(31,32)29(21-9-6-18(33-2)11-22(21)34-3)14-25(30)28-27-13-17-10-23-24(12-20(17)26)36-15-35-23/h4-13H,14-15H2,1-3H3,(H,28,30)/b27-13-. The third-order valence-corrected chi connectivity index (χ3v) is 7.90. The first kappa shape index (κ1) is 26.3. The molecule has 1 aliphatic heterocycles. The summed E-state index contributed by atoms with van der Waals surface area (Å²) in [5.74, 6) is 1.17. The third kappa shape index (κ3) is 5.81. The van der Waals surface area contributed by atoms with Crippen molar-refractivity contribution in [2.24, 2.45) is 5.10 Å². The van der Waals surface area contributed by atoms with E-state index in [1.54, 1.807) is 36.4 Å². The van der Waals surface area contributed by atoms with Gasteiger partial charge in [0.05, 0.1) is 31.0 Å². The van der Waals surface area contributed by atoms with E-state index in [0.717, 1.165) is 9.87 Å². The van der Waals surface area contributed by atoms with E-state index in [4.69, 9.17) is 18.9 Å². The summed E-state index contributed by atoms with van der Waals surface area (Å²) >= 11 is 3.42. The van der Waals surface area contributed by atoms with Crippen LogP contribution in [0.5, 0.6) is 23.0 Å². The van der Waals surface area contributed by atoms with Gasteiger partial charge in [0, 0.05) is 16.1 Å². The lowest BCUT2D eigenvalue weighted by atomic mass is 10.2. The maximum Gasteiger partial charge on any atom is 0.264 e. The average Bonchev–Trinajstić information content (AvgIpc) is 3.34. The molecule has 10 nitrogen and oxygen atoms in total. The van der Waals surface area contributed by atoms with E-state index in [-0.39, 0.29) is 23.1 Å². The smallest absolute Gasteiger partial charge is 0.264 e. The number of benzene rings is 3. The monoisotopic (exact) mass is 589 g/mol. The van der Waals surface area contributed by atoms with Gasteiger partial charge in [-0.15, -0.1) is 0 Å². The SMILES string of the molecule is COc1ccc(N(CC(=O)N/N=C\c2cc3c(cc2Br)OCO3)S(=O)(=O)c2ccc(C)cc2)c(OC)c1. The Labute approximate surface area is 223 Å². The molecule has 0 aromatic heterocycles. The molecule has 4 rings (SSSR count). The molecule has 194 valence electrons. The van der Waals surface area contributed by atoms with Crippen LogP contribution in [0, 0.1) is 6.92 Å². The molecule has 0 fully saturated rings. The first-order chi connectivity index (χ1) is 17.7. The molecule has 3 aromatic carbocycles. The highest BCUT2D eigenvalue weighted by atomic mass is 79.9. The molecule has 0 radical (unpaired) electrons. The second kappa shape index (κ2) is 11.1. The molecule has 12 heteroatoms. The van der Waals surface area contributed by atoms with Crippen molar-refractivity contribution in [3.05, 3.63) is 70.2 Å². The minimum Gasteiger partial charge on any atom is -0.497 e. The number of rotatable bonds is 9. The maximum absolute atomic E-state index is 13.6. The molecule has 1 heterocycles. The maximum atomic E-state index is 13.6. The molecule has 0 spiro atoms. The summed E-state index contributed by atoms with van der Waals surface area (Å²) in [6, 6.07) is 14.4. The fourth-order valence-electron chi connectivity index (χ4n) is 3.50. The summed E-state index contributed by atoms with van der Waals surface area (Å²) in [6.07, 6.45) is 1.41. The van der Waals surface area contributed by atoms with Gasteiger partial charge in [0.25, 0.3) is 15.9 Å². The van der Waals surface area contributed by atoms with Crippen LogP contribution in [-0.4, -0.2) is 48.1 Å². The number of nitrogens with zero attached hydrogens (tertiary/aromatic N) is 2. The number of nitrogens with one attached hydrogen (secondary N) is 1. The minimum absolute atomic E-state index is 0.0246. The Kier molecular flexibility index (Phi) is 7.89. The number of hydrogen-bond acceptors (Lipinski definition) is 8. The quantitative estimate of drug-likeness (QED) is 0.297. The average molecular weight is 590 g/mol. The topological polar surface area (TPSA) is 116 Å². The molecule has 0 saturated heterocycles. The van der Waals surface area contributed by atoms with Crippen molar-refractivity contribution in [3.8, 4) is 23.0 Å². The second-order valence-corrected chi connectivity index (χ2v) is 10.6. The molecule has 0 atom stereocenters. The van der Waals surface area contributed by atoms with E-state index < -0.39 is 22.5 Å². The Bertz CT molecular complexity index is 1440. The van der Waals surface area contributed by atoms with Crippen molar-refractivity contribution < 1.29 is 32.2 Å². The summed E-state index contributed by atoms with van der Waals surface area (Å²) < 4.78 is 50.3. The van der Waals surface area contributed by atoms with Crippen LogP contribution >= 0.6 is 15.9 Å². The Morgan fingerprint density at radius 3 is 2.46 bits per heavy atom. The zero-order valence-corrected chi connectivity index (χ0v) is 22.6. The number of ether oxygens (including phenoxy) is 4. The van der Waals surface area contributed by atoms with Crippen LogP contribution in [0.4, 0.5) is 5.69 Å². The van der Waals surface area contributed by atoms with Crippen molar-refractivity contribution in [1.82, 2.24) is 5.43 Å². The fourth-order valence-corrected chi connectivity index (χ4v) is 5.36. The van der Waals surface area contributed by atoms with Crippen LogP contribution in [0.2, 0.25) is 0 Å². The van der Waals surface area contributed by atoms with Gasteiger partial charge in [-0.05, 0) is 59.3 Å². The Morgan fingerprint density at radius 2 is 1.78 bits per heavy atom. The zero-order chi connectivity index (χ0) is 26.6. The van der Waals surface area contributed by atoms with Crippen molar-refractivity contribution in [1.29, 1.82) is 0 Å². The largest absolute Gasteiger partial charge is 0.497 e. The number of carbonyl (C=O) groups excluding carboxylic acids is 1. The van der Waals surface area contributed by atoms with Crippen molar-refractivity contribution in [2.75, 3.05) is 31.9 Å². The normalized spacial score (nSPS) is 12.4. The fraction of sp³-hybridized carbons (Fsp3) is 0.200.